The van der Waals surface area contributed by atoms with E-state index in [4.69, 9.17) is 4.74 Å². The van der Waals surface area contributed by atoms with E-state index in [2.05, 4.69) is 5.32 Å². The van der Waals surface area contributed by atoms with E-state index in [0.717, 1.165) is 17.7 Å². The van der Waals surface area contributed by atoms with Gasteiger partial charge in [-0.3, -0.25) is 4.79 Å². The van der Waals surface area contributed by atoms with Crippen molar-refractivity contribution in [3.05, 3.63) is 70.8 Å². The number of carbonyl (C=O) groups is 1. The minimum atomic E-state index is -0.930. The number of hydrogen-bond acceptors (Lipinski definition) is 2. The van der Waals surface area contributed by atoms with Crippen molar-refractivity contribution in [2.75, 3.05) is 7.11 Å². The summed E-state index contributed by atoms with van der Waals surface area (Å²) in [6.45, 7) is 2.13. The maximum atomic E-state index is 13.2. The average Bonchev–Trinajstić information content (AvgIpc) is 2.50. The molecule has 116 valence electrons. The smallest absolute Gasteiger partial charge is 0.251 e. The van der Waals surface area contributed by atoms with Gasteiger partial charge in [0.1, 0.15) is 0 Å². The molecule has 0 aromatic heterocycles. The monoisotopic (exact) mass is 305 g/mol. The second-order valence-corrected chi connectivity index (χ2v) is 5.00. The summed E-state index contributed by atoms with van der Waals surface area (Å²) in [5.74, 6) is -2.12. The number of rotatable bonds is 5. The number of carbonyl (C=O) groups excluding carboxylic acids is 1. The lowest BCUT2D eigenvalue weighted by molar-refractivity contribution is 0.0939. The molecule has 0 spiro atoms. The number of ether oxygens (including phenoxy) is 1. The van der Waals surface area contributed by atoms with E-state index in [9.17, 15) is 13.6 Å². The van der Waals surface area contributed by atoms with Crippen LogP contribution in [0.1, 0.15) is 34.5 Å². The van der Waals surface area contributed by atoms with Crippen LogP contribution in [-0.4, -0.2) is 13.0 Å². The highest BCUT2D eigenvalue weighted by atomic mass is 19.2. The molecule has 22 heavy (non-hydrogen) atoms. The fraction of sp³-hybridized carbons (Fsp3) is 0.235. The molecule has 2 rings (SSSR count). The van der Waals surface area contributed by atoms with E-state index in [-0.39, 0.29) is 5.91 Å². The van der Waals surface area contributed by atoms with Crippen molar-refractivity contribution in [1.29, 1.82) is 0 Å². The van der Waals surface area contributed by atoms with Crippen molar-refractivity contribution in [3.8, 4) is 0 Å². The fourth-order valence-corrected chi connectivity index (χ4v) is 2.11. The van der Waals surface area contributed by atoms with Crippen LogP contribution in [0.25, 0.3) is 0 Å². The van der Waals surface area contributed by atoms with Crippen molar-refractivity contribution < 1.29 is 18.3 Å². The van der Waals surface area contributed by atoms with Crippen LogP contribution < -0.4 is 5.32 Å². The Labute approximate surface area is 127 Å². The Morgan fingerprint density at radius 2 is 1.95 bits per heavy atom. The van der Waals surface area contributed by atoms with Gasteiger partial charge in [-0.25, -0.2) is 8.78 Å². The third-order valence-electron chi connectivity index (χ3n) is 3.29. The van der Waals surface area contributed by atoms with Gasteiger partial charge in [0.05, 0.1) is 12.6 Å². The molecule has 2 aromatic carbocycles. The molecule has 2 aromatic rings. The van der Waals surface area contributed by atoms with E-state index in [1.165, 1.54) is 6.07 Å². The molecule has 0 aliphatic heterocycles. The molecule has 0 radical (unpaired) electrons. The van der Waals surface area contributed by atoms with Gasteiger partial charge in [0.2, 0.25) is 0 Å². The van der Waals surface area contributed by atoms with Crippen LogP contribution in [0.2, 0.25) is 0 Å². The van der Waals surface area contributed by atoms with Crippen LogP contribution in [0.3, 0.4) is 0 Å². The summed E-state index contributed by atoms with van der Waals surface area (Å²) in [4.78, 5) is 12.2. The Hall–Kier alpha value is -2.27. The van der Waals surface area contributed by atoms with Crippen molar-refractivity contribution in [2.45, 2.75) is 19.6 Å². The molecule has 0 saturated carbocycles. The molecule has 0 bridgehead atoms. The minimum Gasteiger partial charge on any atom is -0.380 e. The van der Waals surface area contributed by atoms with Crippen LogP contribution in [0.15, 0.2) is 42.5 Å². The molecular formula is C17H17F2NO2. The van der Waals surface area contributed by atoms with Crippen LogP contribution >= 0.6 is 0 Å². The topological polar surface area (TPSA) is 38.3 Å². The number of hydrogen-bond donors (Lipinski definition) is 1. The second kappa shape index (κ2) is 7.13. The Morgan fingerprint density at radius 3 is 2.64 bits per heavy atom. The summed E-state index contributed by atoms with van der Waals surface area (Å²) in [6.07, 6.45) is 0. The Balaban J connectivity index is 2.10. The first-order valence-corrected chi connectivity index (χ1v) is 6.85. The molecule has 0 saturated heterocycles. The van der Waals surface area contributed by atoms with Gasteiger partial charge in [-0.15, -0.1) is 0 Å². The van der Waals surface area contributed by atoms with Crippen molar-refractivity contribution in [2.24, 2.45) is 0 Å². The molecule has 1 amide bonds. The summed E-state index contributed by atoms with van der Waals surface area (Å²) in [5, 5.41) is 2.76. The van der Waals surface area contributed by atoms with Crippen LogP contribution in [-0.2, 0) is 11.3 Å². The highest BCUT2D eigenvalue weighted by Crippen LogP contribution is 2.17. The standard InChI is InChI=1S/C17H17F2NO2/c1-11(13-6-7-15(18)16(19)9-13)20-17(21)14-5-3-4-12(8-14)10-22-2/h3-9,11H,10H2,1-2H3,(H,20,21). The summed E-state index contributed by atoms with van der Waals surface area (Å²) < 4.78 is 31.2. The first-order chi connectivity index (χ1) is 10.5. The van der Waals surface area contributed by atoms with Crippen molar-refractivity contribution in [3.63, 3.8) is 0 Å². The lowest BCUT2D eigenvalue weighted by Crippen LogP contribution is -2.26. The van der Waals surface area contributed by atoms with Crippen LogP contribution in [0.4, 0.5) is 8.78 Å². The largest absolute Gasteiger partial charge is 0.380 e. The normalized spacial score (nSPS) is 12.0. The summed E-state index contributed by atoms with van der Waals surface area (Å²) >= 11 is 0. The second-order valence-electron chi connectivity index (χ2n) is 5.00. The van der Waals surface area contributed by atoms with Gasteiger partial charge in [-0.05, 0) is 42.3 Å². The Morgan fingerprint density at radius 1 is 1.18 bits per heavy atom. The summed E-state index contributed by atoms with van der Waals surface area (Å²) in [7, 11) is 1.58. The van der Waals surface area contributed by atoms with Crippen LogP contribution in [0, 0.1) is 11.6 Å². The van der Waals surface area contributed by atoms with Crippen molar-refractivity contribution >= 4 is 5.91 Å². The first kappa shape index (κ1) is 16.1. The molecule has 0 fully saturated rings. The Kier molecular flexibility index (Phi) is 5.22. The third-order valence-corrected chi connectivity index (χ3v) is 3.29. The van der Waals surface area contributed by atoms with E-state index in [1.807, 2.05) is 6.07 Å². The molecule has 0 aliphatic carbocycles. The summed E-state index contributed by atoms with van der Waals surface area (Å²) in [5.41, 5.74) is 1.87. The number of amides is 1. The average molecular weight is 305 g/mol. The predicted molar refractivity (Wildman–Crippen MR) is 79.4 cm³/mol. The molecule has 1 N–H and O–H groups in total. The molecule has 1 unspecified atom stereocenters. The van der Waals surface area contributed by atoms with Gasteiger partial charge >= 0.3 is 0 Å². The van der Waals surface area contributed by atoms with Gasteiger partial charge < -0.3 is 10.1 Å². The highest BCUT2D eigenvalue weighted by Gasteiger charge is 2.13. The predicted octanol–water partition coefficient (Wildman–Crippen LogP) is 3.60. The van der Waals surface area contributed by atoms with Crippen molar-refractivity contribution in [1.82, 2.24) is 5.32 Å². The number of benzene rings is 2. The van der Waals surface area contributed by atoms with E-state index < -0.39 is 17.7 Å². The van der Waals surface area contributed by atoms with Gasteiger partial charge in [0.15, 0.2) is 11.6 Å². The van der Waals surface area contributed by atoms with Gasteiger partial charge in [-0.1, -0.05) is 18.2 Å². The maximum Gasteiger partial charge on any atom is 0.251 e. The number of methoxy groups -OCH3 is 1. The zero-order valence-corrected chi connectivity index (χ0v) is 12.4. The third kappa shape index (κ3) is 3.89. The van der Waals surface area contributed by atoms with E-state index in [1.54, 1.807) is 32.2 Å². The summed E-state index contributed by atoms with van der Waals surface area (Å²) in [6, 6.07) is 10.2. The van der Waals surface area contributed by atoms with E-state index >= 15 is 0 Å². The molecule has 0 heterocycles. The quantitative estimate of drug-likeness (QED) is 0.916. The number of halogens is 2. The first-order valence-electron chi connectivity index (χ1n) is 6.85. The zero-order valence-electron chi connectivity index (χ0n) is 12.4. The molecular weight excluding hydrogens is 288 g/mol. The number of nitrogens with one attached hydrogen (secondary N) is 1. The van der Waals surface area contributed by atoms with Gasteiger partial charge in [0.25, 0.3) is 5.91 Å². The molecule has 5 heteroatoms. The van der Waals surface area contributed by atoms with Gasteiger partial charge in [0, 0.05) is 12.7 Å². The van der Waals surface area contributed by atoms with E-state index in [0.29, 0.717) is 17.7 Å². The SMILES string of the molecule is COCc1cccc(C(=O)NC(C)c2ccc(F)c(F)c2)c1. The minimum absolute atomic E-state index is 0.282. The lowest BCUT2D eigenvalue weighted by Gasteiger charge is -2.15. The van der Waals surface area contributed by atoms with Gasteiger partial charge in [-0.2, -0.15) is 0 Å². The maximum absolute atomic E-state index is 13.2. The van der Waals surface area contributed by atoms with Crippen LogP contribution in [0.5, 0.6) is 0 Å². The lowest BCUT2D eigenvalue weighted by atomic mass is 10.1. The molecule has 1 atom stereocenters. The molecule has 3 nitrogen and oxygen atoms in total. The zero-order chi connectivity index (χ0) is 16.1. The fourth-order valence-electron chi connectivity index (χ4n) is 2.11. The highest BCUT2D eigenvalue weighted by molar-refractivity contribution is 5.94. The molecule has 0 aliphatic rings. The Bertz CT molecular complexity index is 673.